The first-order valence-corrected chi connectivity index (χ1v) is 14.2. The van der Waals surface area contributed by atoms with E-state index in [1.807, 2.05) is 93.6 Å². The van der Waals surface area contributed by atoms with Gasteiger partial charge in [0.2, 0.25) is 0 Å². The predicted octanol–water partition coefficient (Wildman–Crippen LogP) is 6.60. The molecule has 7 heteroatoms. The summed E-state index contributed by atoms with van der Waals surface area (Å²) in [4.78, 5) is 27.7. The van der Waals surface area contributed by atoms with Crippen molar-refractivity contribution in [2.75, 3.05) is 14.2 Å². The van der Waals surface area contributed by atoms with Gasteiger partial charge in [0.25, 0.3) is 0 Å². The Morgan fingerprint density at radius 2 is 1.62 bits per heavy atom. The monoisotopic (exact) mass is 567 g/mol. The fourth-order valence-corrected chi connectivity index (χ4v) is 5.83. The van der Waals surface area contributed by atoms with Gasteiger partial charge in [-0.25, -0.2) is 4.79 Å². The van der Waals surface area contributed by atoms with Gasteiger partial charge in [-0.05, 0) is 62.4 Å². The van der Waals surface area contributed by atoms with Crippen LogP contribution in [-0.2, 0) is 20.9 Å². The molecule has 0 saturated heterocycles. The highest BCUT2D eigenvalue weighted by molar-refractivity contribution is 6.04. The fraction of sp³-hybridized carbons (Fsp3) is 0.314. The zero-order chi connectivity index (χ0) is 29.8. The maximum atomic E-state index is 14.1. The molecule has 0 aromatic heterocycles. The van der Waals surface area contributed by atoms with Crippen LogP contribution >= 0.6 is 0 Å². The molecule has 1 aliphatic carbocycles. The topological polar surface area (TPSA) is 83.1 Å². The number of methoxy groups -OCH3 is 2. The SMILES string of the molecule is COc1ccc([C@H]2CC(=O)C3=C(C2)NC(C)=C(C(=O)OC(C)C)[C@H]3c2ccccc2OCc2ccccc2)cc1OC. The lowest BCUT2D eigenvalue weighted by atomic mass is 9.71. The second-order valence-electron chi connectivity index (χ2n) is 10.9. The first kappa shape index (κ1) is 29.0. The predicted molar refractivity (Wildman–Crippen MR) is 161 cm³/mol. The lowest BCUT2D eigenvalue weighted by Gasteiger charge is -2.37. The summed E-state index contributed by atoms with van der Waals surface area (Å²) in [7, 11) is 3.20. The van der Waals surface area contributed by atoms with Crippen molar-refractivity contribution in [1.82, 2.24) is 5.32 Å². The number of benzene rings is 3. The van der Waals surface area contributed by atoms with Gasteiger partial charge in [-0.2, -0.15) is 0 Å². The Morgan fingerprint density at radius 3 is 2.33 bits per heavy atom. The molecular weight excluding hydrogens is 530 g/mol. The third-order valence-corrected chi connectivity index (χ3v) is 7.74. The van der Waals surface area contributed by atoms with Crippen LogP contribution in [0.5, 0.6) is 17.2 Å². The fourth-order valence-electron chi connectivity index (χ4n) is 5.83. The first-order valence-electron chi connectivity index (χ1n) is 14.2. The average Bonchev–Trinajstić information content (AvgIpc) is 2.99. The van der Waals surface area contributed by atoms with Crippen LogP contribution in [0, 0.1) is 0 Å². The third-order valence-electron chi connectivity index (χ3n) is 7.74. The molecule has 0 saturated carbocycles. The molecule has 0 bridgehead atoms. The number of hydrogen-bond donors (Lipinski definition) is 1. The number of ether oxygens (including phenoxy) is 4. The lowest BCUT2D eigenvalue weighted by molar-refractivity contribution is -0.143. The zero-order valence-electron chi connectivity index (χ0n) is 24.7. The molecule has 1 aliphatic heterocycles. The molecule has 5 rings (SSSR count). The van der Waals surface area contributed by atoms with Crippen molar-refractivity contribution in [2.24, 2.45) is 0 Å². The van der Waals surface area contributed by atoms with E-state index < -0.39 is 11.9 Å². The van der Waals surface area contributed by atoms with E-state index in [2.05, 4.69) is 5.32 Å². The van der Waals surface area contributed by atoms with E-state index in [0.29, 0.717) is 53.5 Å². The number of carbonyl (C=O) groups excluding carboxylic acids is 2. The molecular formula is C35H37NO6. The van der Waals surface area contributed by atoms with Gasteiger partial charge in [0, 0.05) is 29.0 Å². The molecule has 3 aromatic rings. The van der Waals surface area contributed by atoms with Crippen LogP contribution in [0.15, 0.2) is 95.3 Å². The van der Waals surface area contributed by atoms with Gasteiger partial charge in [0.1, 0.15) is 12.4 Å². The van der Waals surface area contributed by atoms with Crippen LogP contribution in [0.1, 0.15) is 62.1 Å². The first-order chi connectivity index (χ1) is 20.3. The summed E-state index contributed by atoms with van der Waals surface area (Å²) in [5, 5.41) is 3.42. The number of nitrogens with one attached hydrogen (secondary N) is 1. The minimum atomic E-state index is -0.627. The quantitative estimate of drug-likeness (QED) is 0.292. The third kappa shape index (κ3) is 5.91. The Labute approximate surface area is 247 Å². The Balaban J connectivity index is 1.56. The highest BCUT2D eigenvalue weighted by Crippen LogP contribution is 2.48. The van der Waals surface area contributed by atoms with Crippen molar-refractivity contribution >= 4 is 11.8 Å². The molecule has 1 N–H and O–H groups in total. The number of hydrogen-bond acceptors (Lipinski definition) is 7. The molecule has 3 aromatic carbocycles. The molecule has 0 amide bonds. The van der Waals surface area contributed by atoms with E-state index in [-0.39, 0.29) is 17.8 Å². The summed E-state index contributed by atoms with van der Waals surface area (Å²) in [6.45, 7) is 5.87. The number of allylic oxidation sites excluding steroid dienone is 3. The second kappa shape index (κ2) is 12.6. The largest absolute Gasteiger partial charge is 0.493 e. The molecule has 42 heavy (non-hydrogen) atoms. The Hall–Kier alpha value is -4.52. The zero-order valence-corrected chi connectivity index (χ0v) is 24.7. The molecule has 218 valence electrons. The summed E-state index contributed by atoms with van der Waals surface area (Å²) in [6.07, 6.45) is 0.588. The van der Waals surface area contributed by atoms with E-state index in [9.17, 15) is 9.59 Å². The van der Waals surface area contributed by atoms with Crippen LogP contribution in [-0.4, -0.2) is 32.1 Å². The van der Waals surface area contributed by atoms with E-state index >= 15 is 0 Å². The smallest absolute Gasteiger partial charge is 0.337 e. The van der Waals surface area contributed by atoms with Gasteiger partial charge >= 0.3 is 5.97 Å². The van der Waals surface area contributed by atoms with Gasteiger partial charge in [-0.3, -0.25) is 4.79 Å². The second-order valence-corrected chi connectivity index (χ2v) is 10.9. The molecule has 0 spiro atoms. The van der Waals surface area contributed by atoms with Crippen molar-refractivity contribution in [2.45, 2.75) is 58.2 Å². The maximum absolute atomic E-state index is 14.1. The van der Waals surface area contributed by atoms with Crippen LogP contribution in [0.2, 0.25) is 0 Å². The van der Waals surface area contributed by atoms with Gasteiger partial charge in [0.05, 0.1) is 31.8 Å². The summed E-state index contributed by atoms with van der Waals surface area (Å²) in [5.41, 5.74) is 5.27. The number of rotatable bonds is 9. The van der Waals surface area contributed by atoms with Gasteiger partial charge < -0.3 is 24.3 Å². The highest BCUT2D eigenvalue weighted by atomic mass is 16.5. The summed E-state index contributed by atoms with van der Waals surface area (Å²) in [6, 6.07) is 23.3. The molecule has 1 heterocycles. The minimum Gasteiger partial charge on any atom is -0.493 e. The van der Waals surface area contributed by atoms with Crippen molar-refractivity contribution in [3.05, 3.63) is 112 Å². The summed E-state index contributed by atoms with van der Waals surface area (Å²) >= 11 is 0. The number of carbonyl (C=O) groups is 2. The molecule has 2 atom stereocenters. The standard InChI is InChI=1S/C35H37NO6/c1-21(2)42-35(38)32-22(3)36-27-17-25(24-15-16-30(39-4)31(19-24)40-5)18-28(37)34(27)33(32)26-13-9-10-14-29(26)41-20-23-11-7-6-8-12-23/h6-16,19,21,25,33,36H,17-18,20H2,1-5H3/t25-,33-/m1/s1. The van der Waals surface area contributed by atoms with Gasteiger partial charge in [0.15, 0.2) is 17.3 Å². The van der Waals surface area contributed by atoms with Crippen molar-refractivity contribution in [1.29, 1.82) is 0 Å². The van der Waals surface area contributed by atoms with Crippen LogP contribution in [0.4, 0.5) is 0 Å². The van der Waals surface area contributed by atoms with E-state index in [1.165, 1.54) is 0 Å². The Morgan fingerprint density at radius 1 is 0.905 bits per heavy atom. The average molecular weight is 568 g/mol. The number of ketones is 1. The van der Waals surface area contributed by atoms with Gasteiger partial charge in [-0.1, -0.05) is 54.6 Å². The number of esters is 1. The van der Waals surface area contributed by atoms with E-state index in [1.54, 1.807) is 14.2 Å². The normalized spacial score (nSPS) is 18.4. The summed E-state index contributed by atoms with van der Waals surface area (Å²) in [5.74, 6) is 0.726. The van der Waals surface area contributed by atoms with Crippen molar-refractivity contribution in [3.8, 4) is 17.2 Å². The van der Waals surface area contributed by atoms with Crippen molar-refractivity contribution in [3.63, 3.8) is 0 Å². The minimum absolute atomic E-state index is 0.0197. The Bertz CT molecular complexity index is 1540. The molecule has 0 fully saturated rings. The number of dihydropyridines is 1. The summed E-state index contributed by atoms with van der Waals surface area (Å²) < 4.78 is 22.9. The molecule has 7 nitrogen and oxygen atoms in total. The van der Waals surface area contributed by atoms with Crippen molar-refractivity contribution < 1.29 is 28.5 Å². The highest BCUT2D eigenvalue weighted by Gasteiger charge is 2.42. The van der Waals surface area contributed by atoms with Crippen LogP contribution < -0.4 is 19.5 Å². The number of para-hydroxylation sites is 1. The Kier molecular flexibility index (Phi) is 8.67. The van der Waals surface area contributed by atoms with Crippen LogP contribution in [0.3, 0.4) is 0 Å². The lowest BCUT2D eigenvalue weighted by Crippen LogP contribution is -2.36. The van der Waals surface area contributed by atoms with E-state index in [4.69, 9.17) is 18.9 Å². The van der Waals surface area contributed by atoms with E-state index in [0.717, 1.165) is 22.4 Å². The van der Waals surface area contributed by atoms with Crippen LogP contribution in [0.25, 0.3) is 0 Å². The number of Topliss-reactive ketones (excluding diaryl/α,β-unsaturated/α-hetero) is 1. The maximum Gasteiger partial charge on any atom is 0.337 e. The molecule has 2 aliphatic rings. The molecule has 0 radical (unpaired) electrons. The molecule has 0 unspecified atom stereocenters. The van der Waals surface area contributed by atoms with Gasteiger partial charge in [-0.15, -0.1) is 0 Å².